The molecule has 172 valence electrons. The summed E-state index contributed by atoms with van der Waals surface area (Å²) in [6.45, 7) is 2.52. The van der Waals surface area contributed by atoms with Gasteiger partial charge < -0.3 is 15.5 Å². The number of rotatable bonds is 6. The summed E-state index contributed by atoms with van der Waals surface area (Å²) in [5.41, 5.74) is 0.941. The van der Waals surface area contributed by atoms with Gasteiger partial charge in [-0.05, 0) is 31.9 Å². The predicted molar refractivity (Wildman–Crippen MR) is 126 cm³/mol. The second kappa shape index (κ2) is 9.49. The minimum Gasteiger partial charge on any atom is -0.359 e. The number of piperidine rings is 1. The van der Waals surface area contributed by atoms with Crippen LogP contribution in [0, 0.1) is 5.92 Å². The van der Waals surface area contributed by atoms with Gasteiger partial charge in [0.25, 0.3) is 5.56 Å². The average Bonchev–Trinajstić information content (AvgIpc) is 3.26. The summed E-state index contributed by atoms with van der Waals surface area (Å²) in [6.07, 6.45) is 2.98. The van der Waals surface area contributed by atoms with E-state index in [4.69, 9.17) is 0 Å². The number of hydrogen-bond acceptors (Lipinski definition) is 8. The Labute approximate surface area is 193 Å². The molecule has 2 N–H and O–H groups in total. The maximum absolute atomic E-state index is 13.0. The number of thiazole rings is 1. The van der Waals surface area contributed by atoms with Gasteiger partial charge in [0.15, 0.2) is 16.6 Å². The van der Waals surface area contributed by atoms with E-state index in [1.807, 2.05) is 4.90 Å². The van der Waals surface area contributed by atoms with Gasteiger partial charge in [-0.25, -0.2) is 4.98 Å². The number of aromatic nitrogens is 3. The van der Waals surface area contributed by atoms with Crippen molar-refractivity contribution in [2.24, 2.45) is 5.92 Å². The number of carbonyl (C=O) groups excluding carboxylic acids is 3. The molecule has 33 heavy (non-hydrogen) atoms. The lowest BCUT2D eigenvalue weighted by Gasteiger charge is -2.31. The van der Waals surface area contributed by atoms with Gasteiger partial charge in [-0.3, -0.25) is 23.7 Å². The highest BCUT2D eigenvalue weighted by Gasteiger charge is 2.27. The fourth-order valence-corrected chi connectivity index (χ4v) is 4.83. The minimum absolute atomic E-state index is 0.00106. The minimum atomic E-state index is -0.409. The van der Waals surface area contributed by atoms with Crippen molar-refractivity contribution in [1.29, 1.82) is 0 Å². The smallest absolute Gasteiger partial charge is 0.273 e. The van der Waals surface area contributed by atoms with Gasteiger partial charge in [-0.15, -0.1) is 0 Å². The Bertz CT molecular complexity index is 1280. The van der Waals surface area contributed by atoms with Gasteiger partial charge in [0.2, 0.25) is 11.8 Å². The van der Waals surface area contributed by atoms with Crippen molar-refractivity contribution in [2.45, 2.75) is 26.3 Å². The van der Waals surface area contributed by atoms with Crippen LogP contribution in [0.3, 0.4) is 0 Å². The lowest BCUT2D eigenvalue weighted by Crippen LogP contribution is -2.42. The third-order valence-electron chi connectivity index (χ3n) is 5.55. The van der Waals surface area contributed by atoms with Crippen molar-refractivity contribution in [3.63, 3.8) is 0 Å². The number of Topliss-reactive ketones (excluding diaryl/α,β-unsaturated/α-hetero) is 1. The van der Waals surface area contributed by atoms with Crippen LogP contribution in [0.1, 0.15) is 30.1 Å². The fourth-order valence-electron chi connectivity index (χ4n) is 3.82. The molecular formula is C22H24N6O4S. The van der Waals surface area contributed by atoms with Gasteiger partial charge >= 0.3 is 0 Å². The molecule has 3 aromatic rings. The number of amides is 2. The highest BCUT2D eigenvalue weighted by Crippen LogP contribution is 2.29. The van der Waals surface area contributed by atoms with Crippen LogP contribution in [0.2, 0.25) is 0 Å². The lowest BCUT2D eigenvalue weighted by atomic mass is 9.98. The molecule has 4 rings (SSSR count). The van der Waals surface area contributed by atoms with Crippen molar-refractivity contribution in [2.75, 3.05) is 30.4 Å². The Morgan fingerprint density at radius 3 is 2.85 bits per heavy atom. The molecule has 1 saturated heterocycles. The third kappa shape index (κ3) is 4.92. The monoisotopic (exact) mass is 468 g/mol. The summed E-state index contributed by atoms with van der Waals surface area (Å²) in [4.78, 5) is 59.8. The Hall–Kier alpha value is -3.60. The van der Waals surface area contributed by atoms with Crippen LogP contribution >= 0.6 is 11.3 Å². The topological polar surface area (TPSA) is 126 Å². The van der Waals surface area contributed by atoms with E-state index in [1.54, 1.807) is 31.3 Å². The summed E-state index contributed by atoms with van der Waals surface area (Å²) in [5, 5.41) is 6.04. The van der Waals surface area contributed by atoms with Crippen LogP contribution in [-0.2, 0) is 16.1 Å². The normalized spacial score (nSPS) is 15.9. The highest BCUT2D eigenvalue weighted by atomic mass is 32.1. The van der Waals surface area contributed by atoms with E-state index in [0.29, 0.717) is 33.3 Å². The second-order valence-corrected chi connectivity index (χ2v) is 8.89. The van der Waals surface area contributed by atoms with Crippen LogP contribution in [0.5, 0.6) is 0 Å². The SMILES string of the molecule is CNC(=O)[C@H]1CCCN(c2nc3ncn(CC(=O)Nc4cccc(C(C)=O)c4)c(=O)c3s2)C1. The van der Waals surface area contributed by atoms with Crippen molar-refractivity contribution in [3.8, 4) is 0 Å². The van der Waals surface area contributed by atoms with Crippen LogP contribution in [-0.4, -0.2) is 52.3 Å². The number of anilines is 2. The fraction of sp³-hybridized carbons (Fsp3) is 0.364. The van der Waals surface area contributed by atoms with E-state index in [1.165, 1.54) is 29.2 Å². The maximum atomic E-state index is 13.0. The molecule has 10 nitrogen and oxygen atoms in total. The maximum Gasteiger partial charge on any atom is 0.273 e. The molecule has 0 saturated carbocycles. The Morgan fingerprint density at radius 1 is 1.27 bits per heavy atom. The zero-order chi connectivity index (χ0) is 23.5. The summed E-state index contributed by atoms with van der Waals surface area (Å²) < 4.78 is 1.60. The van der Waals surface area contributed by atoms with E-state index in [-0.39, 0.29) is 29.7 Å². The van der Waals surface area contributed by atoms with E-state index < -0.39 is 5.91 Å². The van der Waals surface area contributed by atoms with Crippen molar-refractivity contribution in [3.05, 3.63) is 46.5 Å². The van der Waals surface area contributed by atoms with Gasteiger partial charge in [0.05, 0.1) is 5.92 Å². The number of carbonyl (C=O) groups is 3. The van der Waals surface area contributed by atoms with Crippen LogP contribution in [0.4, 0.5) is 10.8 Å². The first kappa shape index (κ1) is 22.6. The van der Waals surface area contributed by atoms with Gasteiger partial charge in [0.1, 0.15) is 17.6 Å². The first-order chi connectivity index (χ1) is 15.9. The summed E-state index contributed by atoms with van der Waals surface area (Å²) in [7, 11) is 1.63. The summed E-state index contributed by atoms with van der Waals surface area (Å²) in [6, 6.07) is 6.61. The van der Waals surface area contributed by atoms with E-state index in [9.17, 15) is 19.2 Å². The second-order valence-electron chi connectivity index (χ2n) is 7.91. The number of nitrogens with one attached hydrogen (secondary N) is 2. The van der Waals surface area contributed by atoms with E-state index in [2.05, 4.69) is 20.6 Å². The van der Waals surface area contributed by atoms with E-state index >= 15 is 0 Å². The Morgan fingerprint density at radius 2 is 2.09 bits per heavy atom. The number of hydrogen-bond donors (Lipinski definition) is 2. The predicted octanol–water partition coefficient (Wildman–Crippen LogP) is 1.66. The molecule has 1 aromatic carbocycles. The molecule has 0 unspecified atom stereocenters. The first-order valence-electron chi connectivity index (χ1n) is 10.6. The molecule has 0 aliphatic carbocycles. The molecule has 0 radical (unpaired) electrons. The number of fused-ring (bicyclic) bond motifs is 1. The van der Waals surface area contributed by atoms with Crippen molar-refractivity contribution < 1.29 is 14.4 Å². The largest absolute Gasteiger partial charge is 0.359 e. The average molecular weight is 469 g/mol. The molecule has 2 aromatic heterocycles. The summed E-state index contributed by atoms with van der Waals surface area (Å²) >= 11 is 1.22. The first-order valence-corrected chi connectivity index (χ1v) is 11.4. The van der Waals surface area contributed by atoms with Gasteiger partial charge in [-0.1, -0.05) is 23.5 Å². The standard InChI is InChI=1S/C22H24N6O4S/c1-13(29)14-5-3-7-16(9-14)25-17(30)11-28-12-24-19-18(21(28)32)33-22(26-19)27-8-4-6-15(10-27)20(31)23-2/h3,5,7,9,12,15H,4,6,8,10-11H2,1-2H3,(H,23,31)(H,25,30)/t15-/m0/s1. The van der Waals surface area contributed by atoms with Crippen LogP contribution < -0.4 is 21.1 Å². The molecule has 1 fully saturated rings. The van der Waals surface area contributed by atoms with Crippen molar-refractivity contribution in [1.82, 2.24) is 19.9 Å². The Kier molecular flexibility index (Phi) is 6.50. The van der Waals surface area contributed by atoms with Gasteiger partial charge in [0, 0.05) is 31.4 Å². The molecular weight excluding hydrogens is 444 g/mol. The quantitative estimate of drug-likeness (QED) is 0.527. The zero-order valence-electron chi connectivity index (χ0n) is 18.3. The molecule has 3 heterocycles. The van der Waals surface area contributed by atoms with Crippen molar-refractivity contribution >= 4 is 50.1 Å². The number of ketones is 1. The van der Waals surface area contributed by atoms with E-state index in [0.717, 1.165) is 19.4 Å². The number of nitrogens with zero attached hydrogens (tertiary/aromatic N) is 4. The molecule has 1 aliphatic heterocycles. The zero-order valence-corrected chi connectivity index (χ0v) is 19.1. The highest BCUT2D eigenvalue weighted by molar-refractivity contribution is 7.22. The van der Waals surface area contributed by atoms with Crippen LogP contribution in [0.15, 0.2) is 35.4 Å². The molecule has 0 spiro atoms. The summed E-state index contributed by atoms with van der Waals surface area (Å²) in [5.74, 6) is -0.631. The van der Waals surface area contributed by atoms with Crippen LogP contribution in [0.25, 0.3) is 10.3 Å². The molecule has 2 amide bonds. The molecule has 11 heteroatoms. The molecule has 1 aliphatic rings. The molecule has 1 atom stereocenters. The lowest BCUT2D eigenvalue weighted by molar-refractivity contribution is -0.124. The van der Waals surface area contributed by atoms with Gasteiger partial charge in [-0.2, -0.15) is 4.98 Å². The third-order valence-corrected chi connectivity index (χ3v) is 6.64. The Balaban J connectivity index is 1.51. The molecule has 0 bridgehead atoms. The number of benzene rings is 1.